The van der Waals surface area contributed by atoms with Gasteiger partial charge in [-0.1, -0.05) is 31.2 Å². The number of nitrogens with zero attached hydrogens (tertiary/aromatic N) is 2. The SMILES string of the molecule is CCc1ccc(N=Nc2c(O)ccc3cc(S(=O)(=O)O)ccc23)cc1. The van der Waals surface area contributed by atoms with Crippen molar-refractivity contribution in [3.05, 3.63) is 60.2 Å². The van der Waals surface area contributed by atoms with Gasteiger partial charge in [-0.05, 0) is 47.7 Å². The van der Waals surface area contributed by atoms with E-state index < -0.39 is 10.1 Å². The fraction of sp³-hybridized carbons (Fsp3) is 0.111. The van der Waals surface area contributed by atoms with Gasteiger partial charge in [0.2, 0.25) is 0 Å². The van der Waals surface area contributed by atoms with Crippen LogP contribution in [0.4, 0.5) is 11.4 Å². The average molecular weight is 356 g/mol. The molecule has 0 radical (unpaired) electrons. The summed E-state index contributed by atoms with van der Waals surface area (Å²) in [4.78, 5) is -0.219. The summed E-state index contributed by atoms with van der Waals surface area (Å²) in [5, 5.41) is 19.4. The number of hydrogen-bond donors (Lipinski definition) is 2. The van der Waals surface area contributed by atoms with Crippen molar-refractivity contribution in [2.75, 3.05) is 0 Å². The molecule has 0 bridgehead atoms. The second kappa shape index (κ2) is 6.62. The summed E-state index contributed by atoms with van der Waals surface area (Å²) in [7, 11) is -4.30. The molecule has 0 amide bonds. The number of hydrogen-bond acceptors (Lipinski definition) is 5. The summed E-state index contributed by atoms with van der Waals surface area (Å²) in [5.41, 5.74) is 2.06. The van der Waals surface area contributed by atoms with Gasteiger partial charge in [0, 0.05) is 5.39 Å². The van der Waals surface area contributed by atoms with Crippen LogP contribution in [-0.2, 0) is 16.5 Å². The zero-order valence-electron chi connectivity index (χ0n) is 13.4. The summed E-state index contributed by atoms with van der Waals surface area (Å²) >= 11 is 0. The summed E-state index contributed by atoms with van der Waals surface area (Å²) in [5.74, 6) is -0.0685. The third-order valence-electron chi connectivity index (χ3n) is 3.85. The van der Waals surface area contributed by atoms with Gasteiger partial charge in [0.25, 0.3) is 10.1 Å². The second-order valence-corrected chi connectivity index (χ2v) is 6.93. The smallest absolute Gasteiger partial charge is 0.294 e. The van der Waals surface area contributed by atoms with Crippen molar-refractivity contribution >= 4 is 32.3 Å². The Morgan fingerprint density at radius 2 is 1.68 bits per heavy atom. The molecule has 3 aromatic rings. The fourth-order valence-corrected chi connectivity index (χ4v) is 2.97. The molecule has 25 heavy (non-hydrogen) atoms. The van der Waals surface area contributed by atoms with E-state index in [4.69, 9.17) is 4.55 Å². The first-order valence-corrected chi connectivity index (χ1v) is 9.06. The van der Waals surface area contributed by atoms with Crippen LogP contribution in [0.3, 0.4) is 0 Å². The van der Waals surface area contributed by atoms with Gasteiger partial charge in [0.05, 0.1) is 10.6 Å². The van der Waals surface area contributed by atoms with Gasteiger partial charge < -0.3 is 5.11 Å². The zero-order valence-corrected chi connectivity index (χ0v) is 14.2. The predicted octanol–water partition coefficient (Wildman–Crippen LogP) is 4.77. The normalized spacial score (nSPS) is 12.1. The van der Waals surface area contributed by atoms with Crippen molar-refractivity contribution in [1.82, 2.24) is 0 Å². The number of fused-ring (bicyclic) bond motifs is 1. The first kappa shape index (κ1) is 17.1. The monoisotopic (exact) mass is 356 g/mol. The standard InChI is InChI=1S/C18H16N2O4S/c1-2-12-3-6-14(7-4-12)19-20-18-16-9-8-15(25(22,23)24)11-13(16)5-10-17(18)21/h3-11,21H,2H2,1H3,(H,22,23,24). The summed E-state index contributed by atoms with van der Waals surface area (Å²) in [6.07, 6.45) is 0.928. The van der Waals surface area contributed by atoms with E-state index in [1.54, 1.807) is 6.07 Å². The number of benzene rings is 3. The van der Waals surface area contributed by atoms with Crippen molar-refractivity contribution in [2.45, 2.75) is 18.2 Å². The molecule has 6 nitrogen and oxygen atoms in total. The molecule has 0 spiro atoms. The highest BCUT2D eigenvalue weighted by Gasteiger charge is 2.13. The predicted molar refractivity (Wildman–Crippen MR) is 95.4 cm³/mol. The molecule has 0 fully saturated rings. The highest BCUT2D eigenvalue weighted by Crippen LogP contribution is 2.37. The molecule has 0 heterocycles. The van der Waals surface area contributed by atoms with E-state index in [-0.39, 0.29) is 16.3 Å². The van der Waals surface area contributed by atoms with E-state index >= 15 is 0 Å². The quantitative estimate of drug-likeness (QED) is 0.519. The van der Waals surface area contributed by atoms with Crippen molar-refractivity contribution in [3.8, 4) is 5.75 Å². The van der Waals surface area contributed by atoms with Crippen molar-refractivity contribution in [3.63, 3.8) is 0 Å². The Balaban J connectivity index is 2.05. The molecule has 0 saturated carbocycles. The molecule has 2 N–H and O–H groups in total. The largest absolute Gasteiger partial charge is 0.506 e. The Bertz CT molecular complexity index is 1060. The lowest BCUT2D eigenvalue weighted by Crippen LogP contribution is -1.97. The topological polar surface area (TPSA) is 99.3 Å². The second-order valence-electron chi connectivity index (χ2n) is 5.51. The van der Waals surface area contributed by atoms with Crippen molar-refractivity contribution < 1.29 is 18.1 Å². The van der Waals surface area contributed by atoms with Crippen LogP contribution in [-0.4, -0.2) is 18.1 Å². The highest BCUT2D eigenvalue weighted by atomic mass is 32.2. The molecular weight excluding hydrogens is 340 g/mol. The number of rotatable bonds is 4. The van der Waals surface area contributed by atoms with Crippen LogP contribution in [0, 0.1) is 0 Å². The van der Waals surface area contributed by atoms with Gasteiger partial charge >= 0.3 is 0 Å². The van der Waals surface area contributed by atoms with Gasteiger partial charge in [-0.15, -0.1) is 5.11 Å². The van der Waals surface area contributed by atoms with Gasteiger partial charge in [-0.2, -0.15) is 13.5 Å². The molecule has 0 unspecified atom stereocenters. The van der Waals surface area contributed by atoms with Crippen LogP contribution in [0.25, 0.3) is 10.8 Å². The Morgan fingerprint density at radius 1 is 0.960 bits per heavy atom. The van der Waals surface area contributed by atoms with E-state index in [1.807, 2.05) is 24.3 Å². The minimum atomic E-state index is -4.30. The average Bonchev–Trinajstić information content (AvgIpc) is 2.60. The van der Waals surface area contributed by atoms with E-state index in [1.165, 1.54) is 29.8 Å². The Kier molecular flexibility index (Phi) is 4.52. The third-order valence-corrected chi connectivity index (χ3v) is 4.70. The van der Waals surface area contributed by atoms with Crippen LogP contribution in [0.5, 0.6) is 5.75 Å². The van der Waals surface area contributed by atoms with Gasteiger partial charge in [-0.25, -0.2) is 0 Å². The summed E-state index contributed by atoms with van der Waals surface area (Å²) in [6, 6.07) is 14.6. The molecule has 128 valence electrons. The highest BCUT2D eigenvalue weighted by molar-refractivity contribution is 7.85. The number of phenolic OH excluding ortho intramolecular Hbond substituents is 1. The molecule has 3 rings (SSSR count). The summed E-state index contributed by atoms with van der Waals surface area (Å²) < 4.78 is 31.7. The Morgan fingerprint density at radius 3 is 2.32 bits per heavy atom. The maximum absolute atomic E-state index is 11.3. The van der Waals surface area contributed by atoms with E-state index in [2.05, 4.69) is 17.2 Å². The molecule has 0 aromatic heterocycles. The number of azo groups is 1. The molecule has 3 aromatic carbocycles. The molecular formula is C18H16N2O4S. The first-order valence-electron chi connectivity index (χ1n) is 7.62. The molecule has 0 aliphatic heterocycles. The Labute approximate surface area is 145 Å². The lowest BCUT2D eigenvalue weighted by molar-refractivity contribution is 0.477. The number of aryl methyl sites for hydroxylation is 1. The van der Waals surface area contributed by atoms with Crippen molar-refractivity contribution in [2.24, 2.45) is 10.2 Å². The number of aromatic hydroxyl groups is 1. The lowest BCUT2D eigenvalue weighted by atomic mass is 10.1. The van der Waals surface area contributed by atoms with Gasteiger partial charge in [0.1, 0.15) is 11.4 Å². The molecule has 0 atom stereocenters. The maximum atomic E-state index is 11.3. The lowest BCUT2D eigenvalue weighted by Gasteiger charge is -2.05. The summed E-state index contributed by atoms with van der Waals surface area (Å²) in [6.45, 7) is 2.06. The third kappa shape index (κ3) is 3.67. The van der Waals surface area contributed by atoms with Gasteiger partial charge in [0.15, 0.2) is 0 Å². The van der Waals surface area contributed by atoms with Crippen molar-refractivity contribution in [1.29, 1.82) is 0 Å². The number of phenols is 1. The van der Waals surface area contributed by atoms with Crippen LogP contribution in [0.2, 0.25) is 0 Å². The first-order chi connectivity index (χ1) is 11.9. The van der Waals surface area contributed by atoms with E-state index in [0.29, 0.717) is 16.5 Å². The minimum absolute atomic E-state index is 0.0685. The van der Waals surface area contributed by atoms with Crippen LogP contribution in [0.1, 0.15) is 12.5 Å². The van der Waals surface area contributed by atoms with Crippen LogP contribution >= 0.6 is 0 Å². The molecule has 0 aliphatic rings. The molecule has 0 saturated heterocycles. The van der Waals surface area contributed by atoms with Crippen LogP contribution in [0.15, 0.2) is 69.7 Å². The molecule has 7 heteroatoms. The Hall–Kier alpha value is -2.77. The minimum Gasteiger partial charge on any atom is -0.506 e. The van der Waals surface area contributed by atoms with Crippen LogP contribution < -0.4 is 0 Å². The molecule has 0 aliphatic carbocycles. The zero-order chi connectivity index (χ0) is 18.0. The van der Waals surface area contributed by atoms with E-state index in [9.17, 15) is 13.5 Å². The van der Waals surface area contributed by atoms with E-state index in [0.717, 1.165) is 6.42 Å². The maximum Gasteiger partial charge on any atom is 0.294 e. The van der Waals surface area contributed by atoms with Gasteiger partial charge in [-0.3, -0.25) is 4.55 Å². The fourth-order valence-electron chi connectivity index (χ4n) is 2.45.